The van der Waals surface area contributed by atoms with Crippen LogP contribution in [-0.4, -0.2) is 33.8 Å². The average molecular weight is 383 g/mol. The zero-order chi connectivity index (χ0) is 18.9. The van der Waals surface area contributed by atoms with E-state index in [0.29, 0.717) is 6.54 Å². The summed E-state index contributed by atoms with van der Waals surface area (Å²) in [5, 5.41) is 11.6. The minimum atomic E-state index is 0.563. The van der Waals surface area contributed by atoms with Crippen LogP contribution in [0.15, 0.2) is 66.0 Å². The van der Waals surface area contributed by atoms with Crippen LogP contribution in [0.2, 0.25) is 5.02 Å². The van der Waals surface area contributed by atoms with Crippen molar-refractivity contribution in [1.82, 2.24) is 25.4 Å². The van der Waals surface area contributed by atoms with Gasteiger partial charge in [0, 0.05) is 36.7 Å². The minimum Gasteiger partial charge on any atom is -0.357 e. The van der Waals surface area contributed by atoms with E-state index in [1.165, 1.54) is 5.56 Å². The van der Waals surface area contributed by atoms with E-state index in [1.54, 1.807) is 17.1 Å². The molecule has 2 aromatic heterocycles. The van der Waals surface area contributed by atoms with Crippen LogP contribution < -0.4 is 10.6 Å². The predicted octanol–water partition coefficient (Wildman–Crippen LogP) is 3.22. The van der Waals surface area contributed by atoms with Crippen LogP contribution in [0.3, 0.4) is 0 Å². The fourth-order valence-corrected chi connectivity index (χ4v) is 2.70. The lowest BCUT2D eigenvalue weighted by Crippen LogP contribution is -2.38. The number of nitrogens with zero attached hydrogens (tertiary/aromatic N) is 4. The summed E-state index contributed by atoms with van der Waals surface area (Å²) in [5.41, 5.74) is 2.31. The molecule has 0 aliphatic carbocycles. The summed E-state index contributed by atoms with van der Waals surface area (Å²) in [6.07, 6.45) is 6.29. The highest BCUT2D eigenvalue weighted by molar-refractivity contribution is 6.30. The molecule has 0 spiro atoms. The van der Waals surface area contributed by atoms with Gasteiger partial charge in [-0.3, -0.25) is 0 Å². The van der Waals surface area contributed by atoms with Gasteiger partial charge in [-0.1, -0.05) is 23.7 Å². The summed E-state index contributed by atoms with van der Waals surface area (Å²) < 4.78 is 1.74. The highest BCUT2D eigenvalue weighted by atomic mass is 35.5. The van der Waals surface area contributed by atoms with E-state index in [-0.39, 0.29) is 0 Å². The molecule has 0 bridgehead atoms. The first-order valence-corrected chi connectivity index (χ1v) is 9.34. The molecule has 0 fully saturated rings. The zero-order valence-corrected chi connectivity index (χ0v) is 16.0. The number of pyridine rings is 1. The molecule has 27 heavy (non-hydrogen) atoms. The molecule has 0 saturated heterocycles. The first-order valence-electron chi connectivity index (χ1n) is 8.96. The molecule has 0 amide bonds. The number of nitrogens with one attached hydrogen (secondary N) is 2. The Kier molecular flexibility index (Phi) is 6.82. The Balaban J connectivity index is 1.58. The molecule has 0 aliphatic heterocycles. The standard InChI is InChI=1S/C20H23ClN6/c1-2-22-20(24-12-8-16-4-6-18(21)7-5-16)25-15-17-9-11-23-19(14-17)27-13-3-10-26-27/h3-7,9-11,13-14H,2,8,12,15H2,1H3,(H2,22,24,25). The Morgan fingerprint density at radius 3 is 2.70 bits per heavy atom. The first-order chi connectivity index (χ1) is 13.2. The Morgan fingerprint density at radius 2 is 1.96 bits per heavy atom. The second kappa shape index (κ2) is 9.73. The van der Waals surface area contributed by atoms with Gasteiger partial charge in [-0.15, -0.1) is 0 Å². The van der Waals surface area contributed by atoms with Crippen LogP contribution in [0.5, 0.6) is 0 Å². The largest absolute Gasteiger partial charge is 0.357 e. The lowest BCUT2D eigenvalue weighted by Gasteiger charge is -2.11. The highest BCUT2D eigenvalue weighted by Gasteiger charge is 2.02. The van der Waals surface area contributed by atoms with Gasteiger partial charge >= 0.3 is 0 Å². The van der Waals surface area contributed by atoms with Gasteiger partial charge in [0.05, 0.1) is 6.54 Å². The summed E-state index contributed by atoms with van der Waals surface area (Å²) in [4.78, 5) is 9.01. The first kappa shape index (κ1) is 18.9. The molecule has 0 saturated carbocycles. The van der Waals surface area contributed by atoms with Crippen molar-refractivity contribution in [2.75, 3.05) is 13.1 Å². The monoisotopic (exact) mass is 382 g/mol. The van der Waals surface area contributed by atoms with E-state index >= 15 is 0 Å². The van der Waals surface area contributed by atoms with Crippen LogP contribution in [0.1, 0.15) is 18.1 Å². The predicted molar refractivity (Wildman–Crippen MR) is 109 cm³/mol. The van der Waals surface area contributed by atoms with Crippen molar-refractivity contribution in [1.29, 1.82) is 0 Å². The summed E-state index contributed by atoms with van der Waals surface area (Å²) in [5.74, 6) is 1.58. The lowest BCUT2D eigenvalue weighted by atomic mass is 10.1. The Labute approximate surface area is 164 Å². The zero-order valence-electron chi connectivity index (χ0n) is 15.3. The molecule has 3 aromatic rings. The van der Waals surface area contributed by atoms with Crippen molar-refractivity contribution in [2.45, 2.75) is 19.9 Å². The molecular formula is C20H23ClN6. The average Bonchev–Trinajstić information content (AvgIpc) is 3.23. The van der Waals surface area contributed by atoms with Gasteiger partial charge < -0.3 is 10.6 Å². The summed E-state index contributed by atoms with van der Waals surface area (Å²) in [7, 11) is 0. The van der Waals surface area contributed by atoms with Gasteiger partial charge in [0.25, 0.3) is 0 Å². The Hall–Kier alpha value is -2.86. The number of aromatic nitrogens is 3. The maximum atomic E-state index is 5.93. The lowest BCUT2D eigenvalue weighted by molar-refractivity contribution is 0.798. The summed E-state index contributed by atoms with van der Waals surface area (Å²) in [6, 6.07) is 13.7. The SMILES string of the molecule is CCNC(=NCc1ccnc(-n2cccn2)c1)NCCc1ccc(Cl)cc1. The fourth-order valence-electron chi connectivity index (χ4n) is 2.58. The molecule has 7 heteroatoms. The van der Waals surface area contributed by atoms with E-state index in [1.807, 2.05) is 48.7 Å². The van der Waals surface area contributed by atoms with Gasteiger partial charge in [0.15, 0.2) is 11.8 Å². The van der Waals surface area contributed by atoms with Gasteiger partial charge in [0.1, 0.15) is 0 Å². The summed E-state index contributed by atoms with van der Waals surface area (Å²) in [6.45, 7) is 4.22. The minimum absolute atomic E-state index is 0.563. The second-order valence-corrected chi connectivity index (χ2v) is 6.41. The second-order valence-electron chi connectivity index (χ2n) is 5.97. The molecule has 0 radical (unpaired) electrons. The molecule has 0 unspecified atom stereocenters. The normalized spacial score (nSPS) is 11.4. The maximum Gasteiger partial charge on any atom is 0.191 e. The third-order valence-corrected chi connectivity index (χ3v) is 4.18. The van der Waals surface area contributed by atoms with Crippen LogP contribution >= 0.6 is 11.6 Å². The van der Waals surface area contributed by atoms with Crippen molar-refractivity contribution in [2.24, 2.45) is 4.99 Å². The Bertz CT molecular complexity index is 858. The van der Waals surface area contributed by atoms with Crippen LogP contribution in [0, 0.1) is 0 Å². The number of rotatable bonds is 7. The number of hydrogen-bond acceptors (Lipinski definition) is 3. The number of benzene rings is 1. The number of hydrogen-bond donors (Lipinski definition) is 2. The fraction of sp³-hybridized carbons (Fsp3) is 0.250. The third kappa shape index (κ3) is 5.82. The topological polar surface area (TPSA) is 67.1 Å². The van der Waals surface area contributed by atoms with Crippen molar-refractivity contribution in [3.8, 4) is 5.82 Å². The van der Waals surface area contributed by atoms with E-state index in [2.05, 4.69) is 32.6 Å². The highest BCUT2D eigenvalue weighted by Crippen LogP contribution is 2.10. The molecule has 2 N–H and O–H groups in total. The van der Waals surface area contributed by atoms with Crippen LogP contribution in [0.25, 0.3) is 5.82 Å². The van der Waals surface area contributed by atoms with E-state index in [9.17, 15) is 0 Å². The van der Waals surface area contributed by atoms with Gasteiger partial charge in [0.2, 0.25) is 0 Å². The number of halogens is 1. The molecule has 2 heterocycles. The summed E-state index contributed by atoms with van der Waals surface area (Å²) >= 11 is 5.93. The smallest absolute Gasteiger partial charge is 0.191 e. The molecule has 3 rings (SSSR count). The van der Waals surface area contributed by atoms with E-state index < -0.39 is 0 Å². The Morgan fingerprint density at radius 1 is 1.11 bits per heavy atom. The maximum absolute atomic E-state index is 5.93. The quantitative estimate of drug-likeness (QED) is 0.486. The van der Waals surface area contributed by atoms with Gasteiger partial charge in [-0.25, -0.2) is 14.7 Å². The van der Waals surface area contributed by atoms with Crippen molar-refractivity contribution >= 4 is 17.6 Å². The molecule has 6 nitrogen and oxygen atoms in total. The molecule has 0 atom stereocenters. The van der Waals surface area contributed by atoms with Crippen LogP contribution in [-0.2, 0) is 13.0 Å². The van der Waals surface area contributed by atoms with Crippen molar-refractivity contribution in [3.05, 3.63) is 77.2 Å². The van der Waals surface area contributed by atoms with Crippen molar-refractivity contribution < 1.29 is 0 Å². The van der Waals surface area contributed by atoms with E-state index in [0.717, 1.165) is 41.9 Å². The van der Waals surface area contributed by atoms with Gasteiger partial charge in [-0.2, -0.15) is 5.10 Å². The van der Waals surface area contributed by atoms with E-state index in [4.69, 9.17) is 11.6 Å². The molecular weight excluding hydrogens is 360 g/mol. The van der Waals surface area contributed by atoms with Gasteiger partial charge in [-0.05, 0) is 54.8 Å². The van der Waals surface area contributed by atoms with Crippen LogP contribution in [0.4, 0.5) is 0 Å². The molecule has 0 aliphatic rings. The number of guanidine groups is 1. The third-order valence-electron chi connectivity index (χ3n) is 3.93. The number of aliphatic imine (C=N–C) groups is 1. The van der Waals surface area contributed by atoms with Crippen molar-refractivity contribution in [3.63, 3.8) is 0 Å². The molecule has 140 valence electrons. The molecule has 1 aromatic carbocycles.